The lowest BCUT2D eigenvalue weighted by Gasteiger charge is -2.15. The van der Waals surface area contributed by atoms with Gasteiger partial charge in [-0.15, -0.1) is 0 Å². The normalized spacial score (nSPS) is 17.1. The number of anilines is 1. The van der Waals surface area contributed by atoms with Crippen LogP contribution in [0.2, 0.25) is 0 Å². The Bertz CT molecular complexity index is 437. The van der Waals surface area contributed by atoms with Crippen LogP contribution in [0.15, 0.2) is 10.9 Å². The lowest BCUT2D eigenvalue weighted by Crippen LogP contribution is -2.20. The van der Waals surface area contributed by atoms with Crippen molar-refractivity contribution in [3.63, 3.8) is 0 Å². The zero-order valence-electron chi connectivity index (χ0n) is 11.6. The molecule has 1 aromatic rings. The van der Waals surface area contributed by atoms with Crippen molar-refractivity contribution in [3.05, 3.63) is 22.1 Å². The van der Waals surface area contributed by atoms with Gasteiger partial charge in [0, 0.05) is 18.3 Å². The van der Waals surface area contributed by atoms with Gasteiger partial charge in [0.2, 0.25) is 5.95 Å². The van der Waals surface area contributed by atoms with Crippen LogP contribution in [0.5, 0.6) is 0 Å². The van der Waals surface area contributed by atoms with Crippen molar-refractivity contribution in [1.29, 1.82) is 0 Å². The number of hydrogen-bond donors (Lipinski definition) is 2. The van der Waals surface area contributed by atoms with Crippen LogP contribution in [0, 0.1) is 6.92 Å². The number of rotatable bonds is 5. The van der Waals surface area contributed by atoms with Gasteiger partial charge < -0.3 is 10.1 Å². The maximum atomic E-state index is 11.3. The Balaban J connectivity index is 1.69. The highest BCUT2D eigenvalue weighted by atomic mass is 16.5. The number of nitrogens with one attached hydrogen (secondary N) is 2. The summed E-state index contributed by atoms with van der Waals surface area (Å²) >= 11 is 0. The molecule has 0 unspecified atom stereocenters. The molecule has 1 aliphatic carbocycles. The second kappa shape index (κ2) is 7.28. The van der Waals surface area contributed by atoms with E-state index in [1.165, 1.54) is 44.6 Å². The van der Waals surface area contributed by atoms with E-state index in [1.54, 1.807) is 0 Å². The van der Waals surface area contributed by atoms with E-state index in [0.29, 0.717) is 25.2 Å². The summed E-state index contributed by atoms with van der Waals surface area (Å²) in [6, 6.07) is 1.48. The number of aromatic nitrogens is 2. The third-order valence-electron chi connectivity index (χ3n) is 3.42. The summed E-state index contributed by atoms with van der Waals surface area (Å²) in [5, 5.41) is 3.09. The van der Waals surface area contributed by atoms with Crippen molar-refractivity contribution in [1.82, 2.24) is 9.97 Å². The fourth-order valence-corrected chi connectivity index (χ4v) is 2.47. The van der Waals surface area contributed by atoms with Crippen LogP contribution in [-0.2, 0) is 4.74 Å². The van der Waals surface area contributed by atoms with E-state index in [2.05, 4.69) is 15.3 Å². The third kappa shape index (κ3) is 5.03. The summed E-state index contributed by atoms with van der Waals surface area (Å²) in [6.45, 7) is 3.13. The highest BCUT2D eigenvalue weighted by Crippen LogP contribution is 2.19. The first-order chi connectivity index (χ1) is 9.24. The molecule has 106 valence electrons. The van der Waals surface area contributed by atoms with E-state index < -0.39 is 0 Å². The maximum Gasteiger partial charge on any atom is 0.252 e. The standard InChI is InChI=1S/C14H23N3O2/c1-11-10-13(18)17-14(16-11)15-8-9-19-12-6-4-2-3-5-7-12/h10,12H,2-9H2,1H3,(H2,15,16,17,18). The average Bonchev–Trinajstić information content (AvgIpc) is 2.62. The zero-order valence-corrected chi connectivity index (χ0v) is 11.6. The molecule has 0 bridgehead atoms. The van der Waals surface area contributed by atoms with Gasteiger partial charge in [0.25, 0.3) is 5.56 Å². The SMILES string of the molecule is Cc1cc(=O)[nH]c(NCCOC2CCCCCC2)n1. The van der Waals surface area contributed by atoms with Crippen molar-refractivity contribution >= 4 is 5.95 Å². The van der Waals surface area contributed by atoms with Gasteiger partial charge in [-0.2, -0.15) is 0 Å². The second-order valence-corrected chi connectivity index (χ2v) is 5.15. The van der Waals surface area contributed by atoms with Crippen LogP contribution in [0.3, 0.4) is 0 Å². The molecule has 19 heavy (non-hydrogen) atoms. The fourth-order valence-electron chi connectivity index (χ4n) is 2.47. The summed E-state index contributed by atoms with van der Waals surface area (Å²) < 4.78 is 5.86. The molecule has 5 heteroatoms. The maximum absolute atomic E-state index is 11.3. The first-order valence-electron chi connectivity index (χ1n) is 7.17. The molecule has 0 spiro atoms. The number of aromatic amines is 1. The van der Waals surface area contributed by atoms with E-state index >= 15 is 0 Å². The van der Waals surface area contributed by atoms with Crippen molar-refractivity contribution in [2.24, 2.45) is 0 Å². The molecule has 1 saturated carbocycles. The van der Waals surface area contributed by atoms with Crippen LogP contribution in [-0.4, -0.2) is 29.2 Å². The summed E-state index contributed by atoms with van der Waals surface area (Å²) in [4.78, 5) is 18.1. The second-order valence-electron chi connectivity index (χ2n) is 5.15. The molecular formula is C14H23N3O2. The molecule has 1 heterocycles. The monoisotopic (exact) mass is 265 g/mol. The minimum absolute atomic E-state index is 0.125. The topological polar surface area (TPSA) is 67.0 Å². The molecule has 1 aliphatic rings. The van der Waals surface area contributed by atoms with E-state index in [4.69, 9.17) is 4.74 Å². The molecule has 0 aliphatic heterocycles. The largest absolute Gasteiger partial charge is 0.376 e. The molecule has 0 saturated heterocycles. The molecule has 0 atom stereocenters. The van der Waals surface area contributed by atoms with Gasteiger partial charge >= 0.3 is 0 Å². The Labute approximate surface area is 113 Å². The van der Waals surface area contributed by atoms with Gasteiger partial charge in [-0.3, -0.25) is 9.78 Å². The first-order valence-corrected chi connectivity index (χ1v) is 7.17. The lowest BCUT2D eigenvalue weighted by atomic mass is 10.1. The van der Waals surface area contributed by atoms with Gasteiger partial charge in [-0.25, -0.2) is 4.98 Å². The number of aryl methyl sites for hydroxylation is 1. The Kier molecular flexibility index (Phi) is 5.39. The minimum atomic E-state index is -0.125. The van der Waals surface area contributed by atoms with Gasteiger partial charge in [0.1, 0.15) is 0 Å². The van der Waals surface area contributed by atoms with Gasteiger partial charge in [-0.05, 0) is 19.8 Å². The number of ether oxygens (including phenoxy) is 1. The molecule has 5 nitrogen and oxygen atoms in total. The molecule has 2 N–H and O–H groups in total. The molecule has 1 fully saturated rings. The number of hydrogen-bond acceptors (Lipinski definition) is 4. The van der Waals surface area contributed by atoms with Crippen molar-refractivity contribution in [3.8, 4) is 0 Å². The summed E-state index contributed by atoms with van der Waals surface area (Å²) in [5.41, 5.74) is 0.593. The lowest BCUT2D eigenvalue weighted by molar-refractivity contribution is 0.0501. The predicted molar refractivity (Wildman–Crippen MR) is 75.5 cm³/mol. The van der Waals surface area contributed by atoms with E-state index in [1.807, 2.05) is 6.92 Å². The summed E-state index contributed by atoms with van der Waals surface area (Å²) in [6.07, 6.45) is 8.02. The quantitative estimate of drug-likeness (QED) is 0.633. The first kappa shape index (κ1) is 14.1. The van der Waals surface area contributed by atoms with Crippen LogP contribution in [0.25, 0.3) is 0 Å². The zero-order chi connectivity index (χ0) is 13.5. The predicted octanol–water partition coefficient (Wildman–Crippen LogP) is 2.23. The van der Waals surface area contributed by atoms with Crippen molar-refractivity contribution in [2.75, 3.05) is 18.5 Å². The Morgan fingerprint density at radius 1 is 1.37 bits per heavy atom. The third-order valence-corrected chi connectivity index (χ3v) is 3.42. The fraction of sp³-hybridized carbons (Fsp3) is 0.714. The average molecular weight is 265 g/mol. The van der Waals surface area contributed by atoms with Crippen LogP contribution < -0.4 is 10.9 Å². The van der Waals surface area contributed by atoms with Crippen molar-refractivity contribution in [2.45, 2.75) is 51.6 Å². The van der Waals surface area contributed by atoms with Crippen LogP contribution in [0.1, 0.15) is 44.2 Å². The van der Waals surface area contributed by atoms with E-state index in [0.717, 1.165) is 5.69 Å². The molecule has 0 radical (unpaired) electrons. The smallest absolute Gasteiger partial charge is 0.252 e. The molecule has 2 rings (SSSR count). The van der Waals surface area contributed by atoms with Crippen molar-refractivity contribution < 1.29 is 4.74 Å². The summed E-state index contributed by atoms with van der Waals surface area (Å²) in [5.74, 6) is 0.523. The van der Waals surface area contributed by atoms with E-state index in [9.17, 15) is 4.79 Å². The minimum Gasteiger partial charge on any atom is -0.376 e. The Hall–Kier alpha value is -1.36. The Morgan fingerprint density at radius 2 is 2.11 bits per heavy atom. The molecule has 0 amide bonds. The highest BCUT2D eigenvalue weighted by molar-refractivity contribution is 5.24. The number of H-pyrrole nitrogens is 1. The Morgan fingerprint density at radius 3 is 2.79 bits per heavy atom. The van der Waals surface area contributed by atoms with Crippen LogP contribution >= 0.6 is 0 Å². The van der Waals surface area contributed by atoms with Gasteiger partial charge in [0.15, 0.2) is 0 Å². The molecule has 1 aromatic heterocycles. The molecular weight excluding hydrogens is 242 g/mol. The summed E-state index contributed by atoms with van der Waals surface area (Å²) in [7, 11) is 0. The van der Waals surface area contributed by atoms with Crippen LogP contribution in [0.4, 0.5) is 5.95 Å². The highest BCUT2D eigenvalue weighted by Gasteiger charge is 2.11. The molecule has 0 aromatic carbocycles. The van der Waals surface area contributed by atoms with Gasteiger partial charge in [-0.1, -0.05) is 25.7 Å². The van der Waals surface area contributed by atoms with E-state index in [-0.39, 0.29) is 5.56 Å². The van der Waals surface area contributed by atoms with Gasteiger partial charge in [0.05, 0.1) is 12.7 Å². The number of nitrogens with zero attached hydrogens (tertiary/aromatic N) is 1.